The van der Waals surface area contributed by atoms with Crippen molar-refractivity contribution >= 4 is 6.09 Å². The maximum Gasteiger partial charge on any atom is 0.405 e. The van der Waals surface area contributed by atoms with Gasteiger partial charge in [-0.2, -0.15) is 0 Å². The van der Waals surface area contributed by atoms with E-state index in [2.05, 4.69) is 10.3 Å². The molecule has 6 nitrogen and oxygen atoms in total. The molecule has 0 radical (unpaired) electrons. The molecule has 1 aliphatic rings. The summed E-state index contributed by atoms with van der Waals surface area (Å²) in [6.07, 6.45) is 0.863. The first kappa shape index (κ1) is 20.7. The highest BCUT2D eigenvalue weighted by atomic mass is 19.1. The maximum absolute atomic E-state index is 13.7. The Bertz CT molecular complexity index is 1170. The number of nitrogens with one attached hydrogen (secondary N) is 1. The molecule has 1 aliphatic carbocycles. The lowest BCUT2D eigenvalue weighted by Gasteiger charge is -2.21. The number of benzene rings is 2. The number of aromatic nitrogens is 2. The van der Waals surface area contributed by atoms with Crippen LogP contribution in [0.25, 0.3) is 5.69 Å². The lowest BCUT2D eigenvalue weighted by molar-refractivity contribution is 0.189. The Kier molecular flexibility index (Phi) is 5.54. The molecule has 2 aromatic carbocycles. The van der Waals surface area contributed by atoms with Crippen molar-refractivity contribution in [1.29, 1.82) is 0 Å². The van der Waals surface area contributed by atoms with Crippen LogP contribution in [0.4, 0.5) is 13.6 Å². The second-order valence-electron chi connectivity index (χ2n) is 7.78. The third-order valence-electron chi connectivity index (χ3n) is 5.24. The van der Waals surface area contributed by atoms with E-state index >= 15 is 0 Å². The molecule has 4 rings (SSSR count). The number of carbonyl (C=O) groups is 1. The Morgan fingerprint density at radius 2 is 1.81 bits per heavy atom. The average Bonchev–Trinajstić information content (AvgIpc) is 3.51. The van der Waals surface area contributed by atoms with Crippen molar-refractivity contribution in [3.05, 3.63) is 93.2 Å². The third-order valence-corrected chi connectivity index (χ3v) is 5.24. The van der Waals surface area contributed by atoms with Gasteiger partial charge in [-0.25, -0.2) is 18.6 Å². The number of hydrogen-bond donors (Lipinski definition) is 2. The van der Waals surface area contributed by atoms with Crippen LogP contribution in [0, 0.1) is 18.6 Å². The summed E-state index contributed by atoms with van der Waals surface area (Å²) in [5.41, 5.74) is 2.01. The van der Waals surface area contributed by atoms with E-state index in [9.17, 15) is 23.5 Å². The highest BCUT2D eigenvalue weighted by Gasteiger charge is 2.25. The minimum atomic E-state index is -1.34. The summed E-state index contributed by atoms with van der Waals surface area (Å²) in [7, 11) is 0. The summed E-state index contributed by atoms with van der Waals surface area (Å²) in [5.74, 6) is -0.842. The van der Waals surface area contributed by atoms with E-state index in [1.165, 1.54) is 16.2 Å². The number of nitrogens with zero attached hydrogens (tertiary/aromatic N) is 2. The zero-order chi connectivity index (χ0) is 22.1. The SMILES string of the molecule is Cc1cc(=O)n(-c2ccc(C3CC3)cc2)c(C(Cc2cc(F)cc(F)c2)NC(=O)O)n1. The van der Waals surface area contributed by atoms with Gasteiger partial charge in [0.15, 0.2) is 0 Å². The lowest BCUT2D eigenvalue weighted by Crippen LogP contribution is -2.35. The summed E-state index contributed by atoms with van der Waals surface area (Å²) in [5, 5.41) is 11.7. The zero-order valence-corrected chi connectivity index (χ0v) is 16.8. The van der Waals surface area contributed by atoms with Crippen LogP contribution < -0.4 is 10.9 Å². The van der Waals surface area contributed by atoms with E-state index < -0.39 is 23.8 Å². The molecule has 3 aromatic rings. The van der Waals surface area contributed by atoms with Crippen molar-refractivity contribution in [3.63, 3.8) is 0 Å². The molecular weight excluding hydrogens is 404 g/mol. The van der Waals surface area contributed by atoms with Gasteiger partial charge in [-0.3, -0.25) is 9.36 Å². The van der Waals surface area contributed by atoms with Crippen LogP contribution >= 0.6 is 0 Å². The van der Waals surface area contributed by atoms with Crippen LogP contribution in [0.15, 0.2) is 53.3 Å². The number of aryl methyl sites for hydroxylation is 1. The van der Waals surface area contributed by atoms with Gasteiger partial charge >= 0.3 is 6.09 Å². The van der Waals surface area contributed by atoms with Crippen molar-refractivity contribution in [1.82, 2.24) is 14.9 Å². The van der Waals surface area contributed by atoms with Gasteiger partial charge in [0.1, 0.15) is 17.5 Å². The van der Waals surface area contributed by atoms with Crippen LogP contribution in [-0.2, 0) is 6.42 Å². The molecule has 1 saturated carbocycles. The largest absolute Gasteiger partial charge is 0.465 e. The van der Waals surface area contributed by atoms with E-state index in [1.807, 2.05) is 12.1 Å². The normalized spacial score (nSPS) is 14.3. The van der Waals surface area contributed by atoms with E-state index in [4.69, 9.17) is 0 Å². The molecule has 0 saturated heterocycles. The Balaban J connectivity index is 1.79. The van der Waals surface area contributed by atoms with Gasteiger partial charge < -0.3 is 10.4 Å². The summed E-state index contributed by atoms with van der Waals surface area (Å²) >= 11 is 0. The van der Waals surface area contributed by atoms with Gasteiger partial charge in [0.2, 0.25) is 0 Å². The van der Waals surface area contributed by atoms with Gasteiger partial charge in [-0.15, -0.1) is 0 Å². The van der Waals surface area contributed by atoms with Crippen LogP contribution in [-0.4, -0.2) is 20.8 Å². The number of halogens is 2. The maximum atomic E-state index is 13.7. The molecule has 160 valence electrons. The molecule has 31 heavy (non-hydrogen) atoms. The number of carboxylic acid groups (broad SMARTS) is 1. The van der Waals surface area contributed by atoms with Crippen LogP contribution in [0.3, 0.4) is 0 Å². The lowest BCUT2D eigenvalue weighted by atomic mass is 10.0. The van der Waals surface area contributed by atoms with Gasteiger partial charge in [-0.05, 0) is 61.1 Å². The molecule has 0 spiro atoms. The fourth-order valence-corrected chi connectivity index (χ4v) is 3.75. The van der Waals surface area contributed by atoms with Crippen molar-refractivity contribution in [2.45, 2.75) is 38.1 Å². The predicted molar refractivity (Wildman–Crippen MR) is 111 cm³/mol. The van der Waals surface area contributed by atoms with Crippen molar-refractivity contribution in [2.24, 2.45) is 0 Å². The minimum Gasteiger partial charge on any atom is -0.465 e. The Labute approximate surface area is 177 Å². The van der Waals surface area contributed by atoms with Gasteiger partial charge in [-0.1, -0.05) is 12.1 Å². The molecular formula is C23H21F2N3O3. The zero-order valence-electron chi connectivity index (χ0n) is 16.8. The number of rotatable bonds is 6. The van der Waals surface area contributed by atoms with Crippen LogP contribution in [0.5, 0.6) is 0 Å². The monoisotopic (exact) mass is 425 g/mol. The molecule has 1 amide bonds. The van der Waals surface area contributed by atoms with E-state index in [0.29, 0.717) is 17.3 Å². The number of amides is 1. The van der Waals surface area contributed by atoms with E-state index in [0.717, 1.165) is 31.0 Å². The summed E-state index contributed by atoms with van der Waals surface area (Å²) < 4.78 is 28.7. The Morgan fingerprint density at radius 1 is 1.16 bits per heavy atom. The van der Waals surface area contributed by atoms with Gasteiger partial charge in [0.05, 0.1) is 11.7 Å². The fourth-order valence-electron chi connectivity index (χ4n) is 3.75. The second kappa shape index (κ2) is 8.29. The third kappa shape index (κ3) is 4.79. The summed E-state index contributed by atoms with van der Waals surface area (Å²) in [6, 6.07) is 10.8. The molecule has 8 heteroatoms. The topological polar surface area (TPSA) is 84.2 Å². The van der Waals surface area contributed by atoms with E-state index in [1.54, 1.807) is 19.1 Å². The minimum absolute atomic E-state index is 0.0863. The number of hydrogen-bond acceptors (Lipinski definition) is 3. The highest BCUT2D eigenvalue weighted by molar-refractivity contribution is 5.65. The molecule has 1 heterocycles. The van der Waals surface area contributed by atoms with Gasteiger partial charge in [0.25, 0.3) is 5.56 Å². The summed E-state index contributed by atoms with van der Waals surface area (Å²) in [6.45, 7) is 1.63. The second-order valence-corrected chi connectivity index (χ2v) is 7.78. The smallest absolute Gasteiger partial charge is 0.405 e. The van der Waals surface area contributed by atoms with Crippen molar-refractivity contribution in [3.8, 4) is 5.69 Å². The Hall–Kier alpha value is -3.55. The van der Waals surface area contributed by atoms with Gasteiger partial charge in [0, 0.05) is 24.2 Å². The quantitative estimate of drug-likeness (QED) is 0.619. The summed E-state index contributed by atoms with van der Waals surface area (Å²) in [4.78, 5) is 28.8. The first-order valence-corrected chi connectivity index (χ1v) is 9.95. The first-order chi connectivity index (χ1) is 14.8. The fraction of sp³-hybridized carbons (Fsp3) is 0.261. The van der Waals surface area contributed by atoms with E-state index in [-0.39, 0.29) is 23.4 Å². The molecule has 1 unspecified atom stereocenters. The molecule has 1 fully saturated rings. The standard InChI is InChI=1S/C23H21F2N3O3/c1-13-8-21(29)28(19-6-4-16(5-7-19)15-2-3-15)22(26-13)20(27-23(30)31)11-14-9-17(24)12-18(25)10-14/h4-10,12,15,20,27H,2-3,11H2,1H3,(H,30,31). The van der Waals surface area contributed by atoms with Crippen LogP contribution in [0.1, 0.15) is 47.4 Å². The highest BCUT2D eigenvalue weighted by Crippen LogP contribution is 2.40. The Morgan fingerprint density at radius 3 is 2.39 bits per heavy atom. The molecule has 2 N–H and O–H groups in total. The predicted octanol–water partition coefficient (Wildman–Crippen LogP) is 4.25. The van der Waals surface area contributed by atoms with Crippen molar-refractivity contribution < 1.29 is 18.7 Å². The first-order valence-electron chi connectivity index (χ1n) is 9.95. The molecule has 1 atom stereocenters. The average molecular weight is 425 g/mol. The van der Waals surface area contributed by atoms with Crippen LogP contribution in [0.2, 0.25) is 0 Å². The van der Waals surface area contributed by atoms with Crippen molar-refractivity contribution in [2.75, 3.05) is 0 Å². The molecule has 0 bridgehead atoms. The molecule has 1 aromatic heterocycles. The molecule has 0 aliphatic heterocycles.